The predicted molar refractivity (Wildman–Crippen MR) is 104 cm³/mol. The molecule has 27 heavy (non-hydrogen) atoms. The Morgan fingerprint density at radius 2 is 1.37 bits per heavy atom. The van der Waals surface area contributed by atoms with E-state index in [1.807, 2.05) is 24.3 Å². The van der Waals surface area contributed by atoms with Gasteiger partial charge in [-0.05, 0) is 29.8 Å². The number of fused-ring (bicyclic) bond motifs is 1. The number of hydrogen-bond acceptors (Lipinski definition) is 6. The largest absolute Gasteiger partial charge is 0.493 e. The average Bonchev–Trinajstić information content (AvgIpc) is 2.70. The van der Waals surface area contributed by atoms with Crippen molar-refractivity contribution in [1.29, 1.82) is 0 Å². The maximum Gasteiger partial charge on any atom is 0.271 e. The third kappa shape index (κ3) is 3.36. The average molecular weight is 370 g/mol. The summed E-state index contributed by atoms with van der Waals surface area (Å²) in [5.74, 6) is 2.34. The molecule has 0 radical (unpaired) electrons. The number of nitrogens with one attached hydrogen (secondary N) is 1. The Hall–Kier alpha value is -3.35. The van der Waals surface area contributed by atoms with Gasteiger partial charge >= 0.3 is 0 Å². The van der Waals surface area contributed by atoms with Gasteiger partial charge in [0.2, 0.25) is 0 Å². The maximum absolute atomic E-state index is 12.3. The Labute approximate surface area is 156 Å². The van der Waals surface area contributed by atoms with Crippen molar-refractivity contribution in [3.05, 3.63) is 51.9 Å². The molecule has 0 amide bonds. The van der Waals surface area contributed by atoms with E-state index in [1.54, 1.807) is 27.4 Å². The Morgan fingerprint density at radius 3 is 1.96 bits per heavy atom. The van der Waals surface area contributed by atoms with Gasteiger partial charge in [-0.3, -0.25) is 4.79 Å². The van der Waals surface area contributed by atoms with Gasteiger partial charge in [0.25, 0.3) is 5.56 Å². The molecule has 0 saturated carbocycles. The molecule has 0 unspecified atom stereocenters. The van der Waals surface area contributed by atoms with Crippen LogP contribution in [0.1, 0.15) is 11.3 Å². The zero-order valence-corrected chi connectivity index (χ0v) is 15.7. The number of rotatable bonds is 6. The molecule has 3 N–H and O–H groups in total. The van der Waals surface area contributed by atoms with Gasteiger partial charge in [0.15, 0.2) is 23.0 Å². The van der Waals surface area contributed by atoms with Crippen LogP contribution in [0.2, 0.25) is 0 Å². The number of methoxy groups -OCH3 is 4. The number of nitrogen functional groups attached to an aromatic ring is 1. The third-order valence-electron chi connectivity index (χ3n) is 4.48. The number of nitrogens with two attached hydrogens (primary N) is 1. The van der Waals surface area contributed by atoms with Crippen LogP contribution < -0.4 is 30.2 Å². The standard InChI is InChI=1S/C20H22N2O5/c1-24-15-6-5-11(8-16(15)25-2)7-14-12-9-17(26-3)18(27-4)10-13(12)19(21)20(23)22-14/h5-6,8-10H,7,21H2,1-4H3,(H,22,23). The first-order valence-electron chi connectivity index (χ1n) is 8.29. The lowest BCUT2D eigenvalue weighted by molar-refractivity contribution is 0.354. The SMILES string of the molecule is COc1ccc(Cc2[nH]c(=O)c(N)c3cc(OC)c(OC)cc23)cc1OC. The molecule has 0 spiro atoms. The summed E-state index contributed by atoms with van der Waals surface area (Å²) in [5, 5.41) is 1.41. The number of hydrogen-bond donors (Lipinski definition) is 2. The van der Waals surface area contributed by atoms with Crippen molar-refractivity contribution in [1.82, 2.24) is 4.98 Å². The van der Waals surface area contributed by atoms with Crippen LogP contribution >= 0.6 is 0 Å². The van der Waals surface area contributed by atoms with Crippen LogP contribution in [0.25, 0.3) is 10.8 Å². The molecule has 0 fully saturated rings. The Morgan fingerprint density at radius 1 is 0.815 bits per heavy atom. The molecule has 0 bridgehead atoms. The first kappa shape index (κ1) is 18.4. The topological polar surface area (TPSA) is 95.8 Å². The van der Waals surface area contributed by atoms with Gasteiger partial charge in [-0.15, -0.1) is 0 Å². The van der Waals surface area contributed by atoms with E-state index in [1.165, 1.54) is 7.11 Å². The zero-order valence-electron chi connectivity index (χ0n) is 15.7. The second-order valence-electron chi connectivity index (χ2n) is 5.97. The molecule has 0 aliphatic carbocycles. The van der Waals surface area contributed by atoms with E-state index in [-0.39, 0.29) is 11.2 Å². The lowest BCUT2D eigenvalue weighted by Crippen LogP contribution is -2.15. The molecule has 2 aromatic carbocycles. The fraction of sp³-hybridized carbons (Fsp3) is 0.250. The lowest BCUT2D eigenvalue weighted by Gasteiger charge is -2.14. The highest BCUT2D eigenvalue weighted by Crippen LogP contribution is 2.35. The van der Waals surface area contributed by atoms with Crippen LogP contribution in [0.5, 0.6) is 23.0 Å². The highest BCUT2D eigenvalue weighted by atomic mass is 16.5. The minimum Gasteiger partial charge on any atom is -0.493 e. The van der Waals surface area contributed by atoms with Gasteiger partial charge in [0, 0.05) is 22.9 Å². The lowest BCUT2D eigenvalue weighted by atomic mass is 10.0. The number of benzene rings is 2. The summed E-state index contributed by atoms with van der Waals surface area (Å²) < 4.78 is 21.4. The van der Waals surface area contributed by atoms with Crippen molar-refractivity contribution in [2.75, 3.05) is 34.2 Å². The number of anilines is 1. The number of aromatic nitrogens is 1. The molecule has 0 aliphatic heterocycles. The fourth-order valence-corrected chi connectivity index (χ4v) is 3.08. The second kappa shape index (κ2) is 7.49. The highest BCUT2D eigenvalue weighted by molar-refractivity contribution is 5.96. The van der Waals surface area contributed by atoms with Crippen molar-refractivity contribution in [2.24, 2.45) is 0 Å². The van der Waals surface area contributed by atoms with Crippen molar-refractivity contribution in [3.63, 3.8) is 0 Å². The second-order valence-corrected chi connectivity index (χ2v) is 5.97. The van der Waals surface area contributed by atoms with Crippen LogP contribution in [0.4, 0.5) is 5.69 Å². The Balaban J connectivity index is 2.17. The molecular formula is C20H22N2O5. The minimum absolute atomic E-state index is 0.141. The first-order chi connectivity index (χ1) is 13.0. The molecule has 3 rings (SSSR count). The van der Waals surface area contributed by atoms with Crippen LogP contribution in [0.3, 0.4) is 0 Å². The monoisotopic (exact) mass is 370 g/mol. The number of ether oxygens (including phenoxy) is 4. The van der Waals surface area contributed by atoms with Gasteiger partial charge in [-0.2, -0.15) is 0 Å². The normalized spacial score (nSPS) is 10.7. The van der Waals surface area contributed by atoms with Crippen LogP contribution in [-0.2, 0) is 6.42 Å². The van der Waals surface area contributed by atoms with E-state index in [2.05, 4.69) is 4.98 Å². The summed E-state index contributed by atoms with van der Waals surface area (Å²) in [7, 11) is 6.27. The van der Waals surface area contributed by atoms with Gasteiger partial charge in [0.05, 0.1) is 28.4 Å². The van der Waals surface area contributed by atoms with E-state index >= 15 is 0 Å². The molecule has 3 aromatic rings. The molecule has 142 valence electrons. The summed E-state index contributed by atoms with van der Waals surface area (Å²) in [5.41, 5.74) is 7.47. The molecule has 0 saturated heterocycles. The van der Waals surface area contributed by atoms with E-state index in [4.69, 9.17) is 24.7 Å². The molecule has 1 heterocycles. The number of H-pyrrole nitrogens is 1. The molecule has 7 nitrogen and oxygen atoms in total. The summed E-state index contributed by atoms with van der Waals surface area (Å²) >= 11 is 0. The summed E-state index contributed by atoms with van der Waals surface area (Å²) in [4.78, 5) is 15.2. The highest BCUT2D eigenvalue weighted by Gasteiger charge is 2.15. The Kier molecular flexibility index (Phi) is 5.12. The van der Waals surface area contributed by atoms with Crippen LogP contribution in [-0.4, -0.2) is 33.4 Å². The van der Waals surface area contributed by atoms with Gasteiger partial charge < -0.3 is 29.7 Å². The molecular weight excluding hydrogens is 348 g/mol. The van der Waals surface area contributed by atoms with Crippen molar-refractivity contribution in [3.8, 4) is 23.0 Å². The van der Waals surface area contributed by atoms with Crippen molar-refractivity contribution in [2.45, 2.75) is 6.42 Å². The fourth-order valence-electron chi connectivity index (χ4n) is 3.08. The van der Waals surface area contributed by atoms with Crippen molar-refractivity contribution < 1.29 is 18.9 Å². The number of aromatic amines is 1. The predicted octanol–water partition coefficient (Wildman–Crippen LogP) is 2.74. The van der Waals surface area contributed by atoms with Gasteiger partial charge in [-0.1, -0.05) is 6.07 Å². The van der Waals surface area contributed by atoms with E-state index in [9.17, 15) is 4.79 Å². The summed E-state index contributed by atoms with van der Waals surface area (Å²) in [6.07, 6.45) is 0.474. The quantitative estimate of drug-likeness (QED) is 0.693. The molecule has 0 aliphatic rings. The molecule has 0 atom stereocenters. The number of pyridine rings is 1. The van der Waals surface area contributed by atoms with Gasteiger partial charge in [-0.25, -0.2) is 0 Å². The van der Waals surface area contributed by atoms with E-state index in [0.717, 1.165) is 16.6 Å². The van der Waals surface area contributed by atoms with Crippen LogP contribution in [0, 0.1) is 0 Å². The maximum atomic E-state index is 12.3. The van der Waals surface area contributed by atoms with E-state index < -0.39 is 0 Å². The smallest absolute Gasteiger partial charge is 0.271 e. The minimum atomic E-state index is -0.342. The zero-order chi connectivity index (χ0) is 19.6. The molecule has 7 heteroatoms. The van der Waals surface area contributed by atoms with Crippen LogP contribution in [0.15, 0.2) is 35.1 Å². The van der Waals surface area contributed by atoms with Crippen molar-refractivity contribution >= 4 is 16.5 Å². The van der Waals surface area contributed by atoms with Gasteiger partial charge in [0.1, 0.15) is 5.69 Å². The summed E-state index contributed by atoms with van der Waals surface area (Å²) in [6.45, 7) is 0. The van der Waals surface area contributed by atoms with E-state index in [0.29, 0.717) is 34.8 Å². The Bertz CT molecular complexity index is 1040. The summed E-state index contributed by atoms with van der Waals surface area (Å²) in [6, 6.07) is 9.16. The third-order valence-corrected chi connectivity index (χ3v) is 4.48. The molecule has 1 aromatic heterocycles. The first-order valence-corrected chi connectivity index (χ1v) is 8.29.